The lowest BCUT2D eigenvalue weighted by molar-refractivity contribution is 0.0661. The maximum Gasteiger partial charge on any atom is 0.293 e. The number of benzene rings is 1. The summed E-state index contributed by atoms with van der Waals surface area (Å²) in [5.41, 5.74) is 4.13. The molecule has 27 heavy (non-hydrogen) atoms. The lowest BCUT2D eigenvalue weighted by atomic mass is 9.98. The number of carbonyl (C=O) groups excluding carboxylic acids is 1. The van der Waals surface area contributed by atoms with Crippen LogP contribution in [0.2, 0.25) is 0 Å². The van der Waals surface area contributed by atoms with Crippen LogP contribution in [0.25, 0.3) is 11.1 Å². The summed E-state index contributed by atoms with van der Waals surface area (Å²) in [6.07, 6.45) is 8.03. The Morgan fingerprint density at radius 2 is 2.04 bits per heavy atom. The average molecular weight is 358 g/mol. The molecule has 0 fully saturated rings. The number of fused-ring (bicyclic) bond motifs is 1. The SMILES string of the molecule is O=C(c1ccno1)N1Cc2cc(-c3cccnc3)ccc2[C@@H]1c1cnco1. The molecule has 0 saturated carbocycles. The van der Waals surface area contributed by atoms with Crippen molar-refractivity contribution in [2.45, 2.75) is 12.6 Å². The van der Waals surface area contributed by atoms with Crippen molar-refractivity contribution in [1.82, 2.24) is 20.0 Å². The van der Waals surface area contributed by atoms with Crippen LogP contribution in [-0.2, 0) is 6.54 Å². The fourth-order valence-electron chi connectivity index (χ4n) is 3.49. The fraction of sp³-hybridized carbons (Fsp3) is 0.100. The van der Waals surface area contributed by atoms with Gasteiger partial charge in [-0.15, -0.1) is 0 Å². The van der Waals surface area contributed by atoms with Gasteiger partial charge in [-0.1, -0.05) is 23.4 Å². The molecule has 0 radical (unpaired) electrons. The van der Waals surface area contributed by atoms with E-state index in [2.05, 4.69) is 21.2 Å². The monoisotopic (exact) mass is 358 g/mol. The molecule has 1 aliphatic rings. The van der Waals surface area contributed by atoms with E-state index in [0.29, 0.717) is 12.3 Å². The van der Waals surface area contributed by atoms with Crippen molar-refractivity contribution in [3.05, 3.63) is 90.2 Å². The Balaban J connectivity index is 1.58. The van der Waals surface area contributed by atoms with Crippen LogP contribution >= 0.6 is 0 Å². The normalized spacial score (nSPS) is 15.7. The smallest absolute Gasteiger partial charge is 0.293 e. The van der Waals surface area contributed by atoms with Gasteiger partial charge in [0, 0.05) is 25.0 Å². The highest BCUT2D eigenvalue weighted by atomic mass is 16.5. The van der Waals surface area contributed by atoms with E-state index in [1.165, 1.54) is 12.6 Å². The van der Waals surface area contributed by atoms with Gasteiger partial charge in [0.15, 0.2) is 12.2 Å². The first-order chi connectivity index (χ1) is 13.3. The summed E-state index contributed by atoms with van der Waals surface area (Å²) < 4.78 is 10.6. The van der Waals surface area contributed by atoms with E-state index < -0.39 is 0 Å². The molecule has 0 N–H and O–H groups in total. The van der Waals surface area contributed by atoms with Crippen LogP contribution in [0.15, 0.2) is 76.5 Å². The zero-order valence-electron chi connectivity index (χ0n) is 14.1. The molecule has 0 spiro atoms. The van der Waals surface area contributed by atoms with Gasteiger partial charge in [-0.2, -0.15) is 0 Å². The first-order valence-electron chi connectivity index (χ1n) is 8.44. The average Bonchev–Trinajstić information content (AvgIpc) is 3.47. The molecule has 1 aliphatic heterocycles. The quantitative estimate of drug-likeness (QED) is 0.557. The number of aromatic nitrogens is 3. The highest BCUT2D eigenvalue weighted by Gasteiger charge is 2.38. The van der Waals surface area contributed by atoms with Crippen LogP contribution in [0.5, 0.6) is 0 Å². The highest BCUT2D eigenvalue weighted by molar-refractivity contribution is 5.92. The summed E-state index contributed by atoms with van der Waals surface area (Å²) in [6.45, 7) is 0.439. The zero-order chi connectivity index (χ0) is 18.2. The summed E-state index contributed by atoms with van der Waals surface area (Å²) in [7, 11) is 0. The predicted molar refractivity (Wildman–Crippen MR) is 94.4 cm³/mol. The molecule has 0 bridgehead atoms. The van der Waals surface area contributed by atoms with Crippen molar-refractivity contribution >= 4 is 5.91 Å². The Kier molecular flexibility index (Phi) is 3.57. The van der Waals surface area contributed by atoms with Crippen LogP contribution in [-0.4, -0.2) is 25.9 Å². The van der Waals surface area contributed by atoms with Gasteiger partial charge in [0.2, 0.25) is 5.76 Å². The topological polar surface area (TPSA) is 85.3 Å². The Hall–Kier alpha value is -3.74. The van der Waals surface area contributed by atoms with Crippen LogP contribution in [0.1, 0.15) is 33.5 Å². The molecule has 132 valence electrons. The maximum absolute atomic E-state index is 13.0. The molecule has 4 aromatic rings. The number of carbonyl (C=O) groups is 1. The van der Waals surface area contributed by atoms with Crippen LogP contribution in [0.3, 0.4) is 0 Å². The molecular formula is C20H14N4O3. The Morgan fingerprint density at radius 1 is 1.07 bits per heavy atom. The van der Waals surface area contributed by atoms with E-state index in [0.717, 1.165) is 22.3 Å². The van der Waals surface area contributed by atoms with Gasteiger partial charge in [-0.25, -0.2) is 4.98 Å². The highest BCUT2D eigenvalue weighted by Crippen LogP contribution is 2.40. The molecular weight excluding hydrogens is 344 g/mol. The summed E-state index contributed by atoms with van der Waals surface area (Å²) in [4.78, 5) is 22.9. The molecule has 4 heterocycles. The number of oxazole rings is 1. The van der Waals surface area contributed by atoms with Crippen LogP contribution in [0, 0.1) is 0 Å². The molecule has 0 unspecified atom stereocenters. The second kappa shape index (κ2) is 6.21. The Morgan fingerprint density at radius 3 is 2.78 bits per heavy atom. The minimum atomic E-state index is -0.358. The lowest BCUT2D eigenvalue weighted by Gasteiger charge is -2.22. The van der Waals surface area contributed by atoms with Crippen molar-refractivity contribution in [2.75, 3.05) is 0 Å². The van der Waals surface area contributed by atoms with Crippen LogP contribution < -0.4 is 0 Å². The molecule has 1 atom stereocenters. The van der Waals surface area contributed by atoms with E-state index in [9.17, 15) is 4.79 Å². The van der Waals surface area contributed by atoms with Crippen LogP contribution in [0.4, 0.5) is 0 Å². The van der Waals surface area contributed by atoms with E-state index in [1.54, 1.807) is 23.4 Å². The molecule has 3 aromatic heterocycles. The number of rotatable bonds is 3. The van der Waals surface area contributed by atoms with Gasteiger partial charge in [-0.05, 0) is 34.4 Å². The summed E-state index contributed by atoms with van der Waals surface area (Å²) in [6, 6.07) is 11.3. The van der Waals surface area contributed by atoms with Gasteiger partial charge >= 0.3 is 0 Å². The van der Waals surface area contributed by atoms with Crippen molar-refractivity contribution in [3.8, 4) is 11.1 Å². The first-order valence-corrected chi connectivity index (χ1v) is 8.44. The number of nitrogens with zero attached hydrogens (tertiary/aromatic N) is 4. The van der Waals surface area contributed by atoms with Gasteiger partial charge < -0.3 is 13.8 Å². The predicted octanol–water partition coefficient (Wildman–Crippen LogP) is 3.47. The Labute approximate surface area is 154 Å². The van der Waals surface area contributed by atoms with Gasteiger partial charge in [0.25, 0.3) is 5.91 Å². The van der Waals surface area contributed by atoms with Gasteiger partial charge in [0.1, 0.15) is 6.04 Å². The molecule has 1 aromatic carbocycles. The van der Waals surface area contributed by atoms with E-state index in [1.807, 2.05) is 30.5 Å². The van der Waals surface area contributed by atoms with E-state index in [4.69, 9.17) is 8.94 Å². The van der Waals surface area contributed by atoms with Crippen molar-refractivity contribution < 1.29 is 13.7 Å². The molecule has 0 saturated heterocycles. The third kappa shape index (κ3) is 2.60. The third-order valence-corrected chi connectivity index (χ3v) is 4.72. The number of pyridine rings is 1. The van der Waals surface area contributed by atoms with Gasteiger partial charge in [-0.3, -0.25) is 9.78 Å². The molecule has 7 heteroatoms. The maximum atomic E-state index is 13.0. The zero-order valence-corrected chi connectivity index (χ0v) is 14.1. The second-order valence-corrected chi connectivity index (χ2v) is 6.27. The second-order valence-electron chi connectivity index (χ2n) is 6.27. The summed E-state index contributed by atoms with van der Waals surface area (Å²) in [5.74, 6) is 0.559. The number of hydrogen-bond donors (Lipinski definition) is 0. The van der Waals surface area contributed by atoms with Crippen molar-refractivity contribution in [3.63, 3.8) is 0 Å². The fourth-order valence-corrected chi connectivity index (χ4v) is 3.49. The molecule has 7 nitrogen and oxygen atoms in total. The molecule has 1 amide bonds. The number of hydrogen-bond acceptors (Lipinski definition) is 6. The summed E-state index contributed by atoms with van der Waals surface area (Å²) in [5, 5.41) is 3.64. The molecule has 0 aliphatic carbocycles. The first kappa shape index (κ1) is 15.5. The standard InChI is InChI=1S/C20H14N4O3/c25-20(17-5-7-23-27-17)24-11-15-8-13(14-2-1-6-21-9-14)3-4-16(15)19(24)18-10-22-12-26-18/h1-10,12,19H,11H2/t19-/m1/s1. The van der Waals surface area contributed by atoms with E-state index in [-0.39, 0.29) is 17.7 Å². The minimum absolute atomic E-state index is 0.194. The minimum Gasteiger partial charge on any atom is -0.446 e. The Bertz CT molecular complexity index is 1080. The third-order valence-electron chi connectivity index (χ3n) is 4.72. The lowest BCUT2D eigenvalue weighted by Crippen LogP contribution is -2.29. The van der Waals surface area contributed by atoms with E-state index >= 15 is 0 Å². The molecule has 5 rings (SSSR count). The largest absolute Gasteiger partial charge is 0.446 e. The summed E-state index contributed by atoms with van der Waals surface area (Å²) >= 11 is 0. The number of amides is 1. The van der Waals surface area contributed by atoms with Gasteiger partial charge in [0.05, 0.1) is 12.4 Å². The van der Waals surface area contributed by atoms with Crippen molar-refractivity contribution in [1.29, 1.82) is 0 Å². The van der Waals surface area contributed by atoms with Crippen molar-refractivity contribution in [2.24, 2.45) is 0 Å².